The fourth-order valence-electron chi connectivity index (χ4n) is 1.12. The van der Waals surface area contributed by atoms with Crippen molar-refractivity contribution in [2.45, 2.75) is 6.92 Å². The van der Waals surface area contributed by atoms with Crippen LogP contribution in [0.25, 0.3) is 0 Å². The summed E-state index contributed by atoms with van der Waals surface area (Å²) in [6, 6.07) is 4.75. The molecule has 0 spiro atoms. The zero-order valence-corrected chi connectivity index (χ0v) is 10.3. The van der Waals surface area contributed by atoms with Crippen LogP contribution in [-0.2, 0) is 4.79 Å². The minimum absolute atomic E-state index is 0.00398. The number of imide groups is 1. The maximum Gasteiger partial charge on any atom is 0.318 e. The molecule has 5 nitrogen and oxygen atoms in total. The molecule has 0 unspecified atom stereocenters. The molecule has 6 heteroatoms. The summed E-state index contributed by atoms with van der Waals surface area (Å²) in [6.07, 6.45) is 0. The number of halogens is 1. The Labute approximate surface area is 102 Å². The average Bonchev–Trinajstić information content (AvgIpc) is 2.19. The second-order valence-electron chi connectivity index (χ2n) is 3.23. The van der Waals surface area contributed by atoms with Crippen molar-refractivity contribution in [3.8, 4) is 0 Å². The lowest BCUT2D eigenvalue weighted by Gasteiger charge is -2.07. The normalized spacial score (nSPS) is 9.62. The molecule has 0 saturated carbocycles. The number of hydrogen-bond donors (Lipinski definition) is 3. The van der Waals surface area contributed by atoms with E-state index in [9.17, 15) is 9.59 Å². The molecule has 16 heavy (non-hydrogen) atoms. The van der Waals surface area contributed by atoms with E-state index in [4.69, 9.17) is 5.73 Å². The molecule has 0 radical (unpaired) electrons. The molecule has 0 atom stereocenters. The SMILES string of the molecule is Cc1cc(NCC(=O)NC(N)=O)ccc1Br. The maximum absolute atomic E-state index is 11.1. The Kier molecular flexibility index (Phi) is 4.30. The minimum atomic E-state index is -0.848. The van der Waals surface area contributed by atoms with Gasteiger partial charge in [0.2, 0.25) is 5.91 Å². The van der Waals surface area contributed by atoms with Crippen molar-refractivity contribution in [1.29, 1.82) is 0 Å². The second-order valence-corrected chi connectivity index (χ2v) is 4.08. The number of rotatable bonds is 3. The van der Waals surface area contributed by atoms with E-state index >= 15 is 0 Å². The molecule has 3 amide bonds. The molecule has 0 bridgehead atoms. The fourth-order valence-corrected chi connectivity index (χ4v) is 1.37. The molecular formula is C10H12BrN3O2. The van der Waals surface area contributed by atoms with E-state index in [0.717, 1.165) is 15.7 Å². The van der Waals surface area contributed by atoms with Crippen LogP contribution in [0.3, 0.4) is 0 Å². The van der Waals surface area contributed by atoms with Crippen molar-refractivity contribution >= 4 is 33.6 Å². The lowest BCUT2D eigenvalue weighted by atomic mass is 10.2. The van der Waals surface area contributed by atoms with Crippen LogP contribution in [0.2, 0.25) is 0 Å². The summed E-state index contributed by atoms with van der Waals surface area (Å²) in [5.74, 6) is -0.465. The number of nitrogens with two attached hydrogens (primary N) is 1. The molecule has 0 aliphatic rings. The van der Waals surface area contributed by atoms with Crippen LogP contribution < -0.4 is 16.4 Å². The number of urea groups is 1. The van der Waals surface area contributed by atoms with E-state index in [-0.39, 0.29) is 6.54 Å². The Hall–Kier alpha value is -1.56. The summed E-state index contributed by atoms with van der Waals surface area (Å²) in [5.41, 5.74) is 6.66. The standard InChI is InChI=1S/C10H12BrN3O2/c1-6-4-7(2-3-8(6)11)13-5-9(15)14-10(12)16/h2-4,13H,5H2,1H3,(H3,12,14,15,16). The molecular weight excluding hydrogens is 274 g/mol. The van der Waals surface area contributed by atoms with Gasteiger partial charge in [0.1, 0.15) is 0 Å². The molecule has 0 fully saturated rings. The van der Waals surface area contributed by atoms with Crippen molar-refractivity contribution in [3.05, 3.63) is 28.2 Å². The number of amides is 3. The molecule has 0 saturated heterocycles. The van der Waals surface area contributed by atoms with Gasteiger partial charge >= 0.3 is 6.03 Å². The number of carbonyl (C=O) groups is 2. The highest BCUT2D eigenvalue weighted by Crippen LogP contribution is 2.19. The van der Waals surface area contributed by atoms with Gasteiger partial charge in [-0.1, -0.05) is 15.9 Å². The molecule has 1 aromatic rings. The highest BCUT2D eigenvalue weighted by atomic mass is 79.9. The Morgan fingerprint density at radius 1 is 1.44 bits per heavy atom. The molecule has 1 rings (SSSR count). The summed E-state index contributed by atoms with van der Waals surface area (Å²) in [6.45, 7) is 1.95. The van der Waals surface area contributed by atoms with Crippen molar-refractivity contribution in [1.82, 2.24) is 5.32 Å². The predicted molar refractivity (Wildman–Crippen MR) is 65.1 cm³/mol. The van der Waals surface area contributed by atoms with Gasteiger partial charge in [-0.05, 0) is 30.7 Å². The molecule has 0 aromatic heterocycles. The van der Waals surface area contributed by atoms with Crippen molar-refractivity contribution in [3.63, 3.8) is 0 Å². The lowest BCUT2D eigenvalue weighted by Crippen LogP contribution is -2.38. The van der Waals surface area contributed by atoms with Crippen molar-refractivity contribution in [2.24, 2.45) is 5.73 Å². The van der Waals surface area contributed by atoms with E-state index in [1.54, 1.807) is 0 Å². The van der Waals surface area contributed by atoms with Crippen molar-refractivity contribution < 1.29 is 9.59 Å². The number of anilines is 1. The minimum Gasteiger partial charge on any atom is -0.376 e. The third-order valence-electron chi connectivity index (χ3n) is 1.87. The van der Waals surface area contributed by atoms with E-state index in [0.29, 0.717) is 0 Å². The van der Waals surface area contributed by atoms with Gasteiger partial charge in [0.05, 0.1) is 6.54 Å². The Bertz CT molecular complexity index is 421. The Balaban J connectivity index is 2.51. The predicted octanol–water partition coefficient (Wildman–Crippen LogP) is 1.36. The van der Waals surface area contributed by atoms with Gasteiger partial charge in [0, 0.05) is 10.2 Å². The summed E-state index contributed by atoms with van der Waals surface area (Å²) in [5, 5.41) is 4.84. The molecule has 0 aliphatic carbocycles. The first kappa shape index (κ1) is 12.5. The third kappa shape index (κ3) is 3.90. The largest absolute Gasteiger partial charge is 0.376 e. The number of carbonyl (C=O) groups excluding carboxylic acids is 2. The maximum atomic E-state index is 11.1. The Morgan fingerprint density at radius 3 is 2.69 bits per heavy atom. The highest BCUT2D eigenvalue weighted by molar-refractivity contribution is 9.10. The number of aryl methyl sites for hydroxylation is 1. The van der Waals surface area contributed by atoms with E-state index < -0.39 is 11.9 Å². The number of hydrogen-bond acceptors (Lipinski definition) is 3. The summed E-state index contributed by atoms with van der Waals surface area (Å²) >= 11 is 3.37. The molecule has 1 aromatic carbocycles. The van der Waals surface area contributed by atoms with Crippen LogP contribution in [0.5, 0.6) is 0 Å². The van der Waals surface area contributed by atoms with Gasteiger partial charge in [-0.2, -0.15) is 0 Å². The smallest absolute Gasteiger partial charge is 0.318 e. The zero-order valence-electron chi connectivity index (χ0n) is 8.71. The first-order valence-electron chi connectivity index (χ1n) is 4.58. The van der Waals surface area contributed by atoms with Gasteiger partial charge in [-0.3, -0.25) is 10.1 Å². The second kappa shape index (κ2) is 5.50. The Morgan fingerprint density at radius 2 is 2.12 bits per heavy atom. The molecule has 4 N–H and O–H groups in total. The quantitative estimate of drug-likeness (QED) is 0.784. The van der Waals surface area contributed by atoms with Crippen molar-refractivity contribution in [2.75, 3.05) is 11.9 Å². The molecule has 0 aliphatic heterocycles. The van der Waals surface area contributed by atoms with Gasteiger partial charge in [0.25, 0.3) is 0 Å². The number of primary amides is 1. The number of nitrogens with one attached hydrogen (secondary N) is 2. The first-order chi connectivity index (χ1) is 7.49. The van der Waals surface area contributed by atoms with E-state index in [1.807, 2.05) is 30.4 Å². The van der Waals surface area contributed by atoms with E-state index in [1.165, 1.54) is 0 Å². The van der Waals surface area contributed by atoms with Gasteiger partial charge in [-0.15, -0.1) is 0 Å². The lowest BCUT2D eigenvalue weighted by molar-refractivity contribution is -0.118. The molecule has 86 valence electrons. The summed E-state index contributed by atoms with van der Waals surface area (Å²) in [7, 11) is 0. The number of benzene rings is 1. The van der Waals surface area contributed by atoms with Crippen LogP contribution in [0.15, 0.2) is 22.7 Å². The van der Waals surface area contributed by atoms with Crippen LogP contribution in [0.4, 0.5) is 10.5 Å². The van der Waals surface area contributed by atoms with E-state index in [2.05, 4.69) is 21.2 Å². The average molecular weight is 286 g/mol. The fraction of sp³-hybridized carbons (Fsp3) is 0.200. The first-order valence-corrected chi connectivity index (χ1v) is 5.37. The summed E-state index contributed by atoms with van der Waals surface area (Å²) < 4.78 is 1.000. The van der Waals surface area contributed by atoms with Crippen LogP contribution in [-0.4, -0.2) is 18.5 Å². The third-order valence-corrected chi connectivity index (χ3v) is 2.76. The van der Waals surface area contributed by atoms with Gasteiger partial charge in [0.15, 0.2) is 0 Å². The summed E-state index contributed by atoms with van der Waals surface area (Å²) in [4.78, 5) is 21.5. The topological polar surface area (TPSA) is 84.2 Å². The van der Waals surface area contributed by atoms with Crippen LogP contribution in [0.1, 0.15) is 5.56 Å². The highest BCUT2D eigenvalue weighted by Gasteiger charge is 2.03. The van der Waals surface area contributed by atoms with Gasteiger partial charge in [-0.25, -0.2) is 4.79 Å². The van der Waals surface area contributed by atoms with Gasteiger partial charge < -0.3 is 11.1 Å². The zero-order chi connectivity index (χ0) is 12.1. The molecule has 0 heterocycles. The van der Waals surface area contributed by atoms with Crippen LogP contribution >= 0.6 is 15.9 Å². The van der Waals surface area contributed by atoms with Crippen LogP contribution in [0, 0.1) is 6.92 Å². The monoisotopic (exact) mass is 285 g/mol.